The van der Waals surface area contributed by atoms with Crippen LogP contribution in [-0.4, -0.2) is 45.6 Å². The van der Waals surface area contributed by atoms with Crippen molar-refractivity contribution in [1.82, 2.24) is 4.90 Å². The summed E-state index contributed by atoms with van der Waals surface area (Å²) >= 11 is 1.53. The van der Waals surface area contributed by atoms with Gasteiger partial charge in [0.15, 0.2) is 0 Å². The van der Waals surface area contributed by atoms with Gasteiger partial charge >= 0.3 is 5.97 Å². The van der Waals surface area contributed by atoms with E-state index in [0.29, 0.717) is 24.6 Å². The summed E-state index contributed by atoms with van der Waals surface area (Å²) in [5.41, 5.74) is 5.60. The van der Waals surface area contributed by atoms with Crippen LogP contribution in [-0.2, 0) is 9.59 Å². The van der Waals surface area contributed by atoms with Crippen LogP contribution in [0.3, 0.4) is 0 Å². The van der Waals surface area contributed by atoms with Crippen LogP contribution in [0, 0.1) is 5.92 Å². The molecule has 6 heteroatoms. The van der Waals surface area contributed by atoms with Gasteiger partial charge in [-0.25, -0.2) is 4.79 Å². The molecule has 1 aliphatic rings. The fourth-order valence-corrected chi connectivity index (χ4v) is 3.93. The molecule has 0 radical (unpaired) electrons. The molecule has 3 N–H and O–H groups in total. The van der Waals surface area contributed by atoms with Crippen molar-refractivity contribution in [3.63, 3.8) is 0 Å². The Morgan fingerprint density at radius 3 is 2.65 bits per heavy atom. The molecule has 3 atom stereocenters. The predicted molar refractivity (Wildman–Crippen MR) is 81.5 cm³/mol. The number of hydrogen-bond acceptors (Lipinski definition) is 4. The lowest BCUT2D eigenvalue weighted by Crippen LogP contribution is -2.44. The number of carbonyl (C=O) groups excluding carboxylic acids is 1. The first-order valence-corrected chi connectivity index (χ1v) is 8.41. The third kappa shape index (κ3) is 4.66. The number of hydrogen-bond donors (Lipinski definition) is 2. The molecule has 0 aromatic heterocycles. The maximum Gasteiger partial charge on any atom is 0.327 e. The minimum absolute atomic E-state index is 0.0342. The van der Waals surface area contributed by atoms with Gasteiger partial charge in [0, 0.05) is 12.2 Å². The third-order valence-electron chi connectivity index (χ3n) is 3.83. The van der Waals surface area contributed by atoms with Crippen LogP contribution in [0.1, 0.15) is 46.0 Å². The smallest absolute Gasteiger partial charge is 0.327 e. The van der Waals surface area contributed by atoms with E-state index in [9.17, 15) is 14.7 Å². The molecular formula is C14H26N2O3S. The van der Waals surface area contributed by atoms with Crippen molar-refractivity contribution in [1.29, 1.82) is 0 Å². The van der Waals surface area contributed by atoms with Gasteiger partial charge in [-0.15, -0.1) is 11.8 Å². The molecule has 5 nitrogen and oxygen atoms in total. The van der Waals surface area contributed by atoms with Crippen molar-refractivity contribution < 1.29 is 14.7 Å². The normalized spacial score (nSPS) is 23.9. The molecule has 0 aromatic rings. The van der Waals surface area contributed by atoms with Crippen molar-refractivity contribution in [2.75, 3.05) is 12.3 Å². The molecule has 116 valence electrons. The zero-order valence-electron chi connectivity index (χ0n) is 12.4. The molecule has 0 aromatic carbocycles. The van der Waals surface area contributed by atoms with E-state index >= 15 is 0 Å². The lowest BCUT2D eigenvalue weighted by Gasteiger charge is -2.26. The van der Waals surface area contributed by atoms with Gasteiger partial charge < -0.3 is 15.7 Å². The van der Waals surface area contributed by atoms with Gasteiger partial charge in [0.05, 0.1) is 5.37 Å². The number of nitrogens with zero attached hydrogens (tertiary/aromatic N) is 1. The third-order valence-corrected chi connectivity index (χ3v) is 5.05. The number of carboxylic acids is 1. The zero-order chi connectivity index (χ0) is 15.1. The summed E-state index contributed by atoms with van der Waals surface area (Å²) < 4.78 is 0. The molecule has 3 unspecified atom stereocenters. The van der Waals surface area contributed by atoms with Crippen LogP contribution in [0.4, 0.5) is 0 Å². The largest absolute Gasteiger partial charge is 0.480 e. The first-order valence-electron chi connectivity index (χ1n) is 7.36. The molecule has 0 bridgehead atoms. The highest BCUT2D eigenvalue weighted by molar-refractivity contribution is 8.00. The Hall–Kier alpha value is -0.750. The van der Waals surface area contributed by atoms with Crippen LogP contribution in [0.2, 0.25) is 0 Å². The number of thioether (sulfide) groups is 1. The number of carbonyl (C=O) groups is 2. The zero-order valence-corrected chi connectivity index (χ0v) is 13.2. The monoisotopic (exact) mass is 302 g/mol. The molecule has 1 rings (SSSR count). The van der Waals surface area contributed by atoms with E-state index in [1.807, 2.05) is 6.92 Å². The molecule has 1 saturated heterocycles. The summed E-state index contributed by atoms with van der Waals surface area (Å²) in [6.07, 6.45) is 4.35. The van der Waals surface area contributed by atoms with E-state index in [4.69, 9.17) is 5.73 Å². The van der Waals surface area contributed by atoms with E-state index < -0.39 is 12.0 Å². The van der Waals surface area contributed by atoms with Crippen LogP contribution in [0.15, 0.2) is 0 Å². The lowest BCUT2D eigenvalue weighted by atomic mass is 9.94. The first kappa shape index (κ1) is 17.3. The lowest BCUT2D eigenvalue weighted by molar-refractivity contribution is -0.149. The van der Waals surface area contributed by atoms with Crippen molar-refractivity contribution in [2.45, 2.75) is 57.4 Å². The number of carboxylic acid groups (broad SMARTS) is 1. The number of rotatable bonds is 8. The summed E-state index contributed by atoms with van der Waals surface area (Å²) in [4.78, 5) is 25.0. The Bertz CT molecular complexity index is 332. The molecule has 1 fully saturated rings. The van der Waals surface area contributed by atoms with Crippen LogP contribution in [0.5, 0.6) is 0 Å². The summed E-state index contributed by atoms with van der Waals surface area (Å²) in [6, 6.07) is -0.665. The van der Waals surface area contributed by atoms with E-state index in [-0.39, 0.29) is 11.3 Å². The average Bonchev–Trinajstić information content (AvgIpc) is 2.78. The standard InChI is InChI=1S/C14H26N2O3S/c1-3-4-11(7-8-15)5-6-13(17)16-10(2)20-9-12(16)14(18)19/h10-12H,3-9,15H2,1-2H3,(H,18,19). The molecule has 1 heterocycles. The Morgan fingerprint density at radius 1 is 1.40 bits per heavy atom. The summed E-state index contributed by atoms with van der Waals surface area (Å²) in [6.45, 7) is 4.67. The molecule has 20 heavy (non-hydrogen) atoms. The summed E-state index contributed by atoms with van der Waals surface area (Å²) in [5.74, 6) is 0.0294. The molecular weight excluding hydrogens is 276 g/mol. The first-order chi connectivity index (χ1) is 9.51. The van der Waals surface area contributed by atoms with E-state index in [0.717, 1.165) is 25.7 Å². The average molecular weight is 302 g/mol. The number of amides is 1. The van der Waals surface area contributed by atoms with Crippen molar-refractivity contribution >= 4 is 23.6 Å². The van der Waals surface area contributed by atoms with Crippen LogP contribution in [0.25, 0.3) is 0 Å². The highest BCUT2D eigenvalue weighted by Gasteiger charge is 2.39. The van der Waals surface area contributed by atoms with Crippen molar-refractivity contribution in [2.24, 2.45) is 11.7 Å². The SMILES string of the molecule is CCCC(CCN)CCC(=O)N1C(C)SCC1C(=O)O. The highest BCUT2D eigenvalue weighted by atomic mass is 32.2. The van der Waals surface area contributed by atoms with Gasteiger partial charge in [0.25, 0.3) is 0 Å². The van der Waals surface area contributed by atoms with Crippen molar-refractivity contribution in [3.8, 4) is 0 Å². The Kier molecular flexibility index (Phi) is 7.37. The van der Waals surface area contributed by atoms with Gasteiger partial charge in [-0.1, -0.05) is 19.8 Å². The minimum Gasteiger partial charge on any atom is -0.480 e. The molecule has 0 saturated carbocycles. The molecule has 0 spiro atoms. The predicted octanol–water partition coefficient (Wildman–Crippen LogP) is 1.91. The second kappa shape index (κ2) is 8.52. The van der Waals surface area contributed by atoms with E-state index in [2.05, 4.69) is 6.92 Å². The summed E-state index contributed by atoms with van der Waals surface area (Å²) in [7, 11) is 0. The van der Waals surface area contributed by atoms with Gasteiger partial charge in [-0.2, -0.15) is 0 Å². The highest BCUT2D eigenvalue weighted by Crippen LogP contribution is 2.30. The maximum absolute atomic E-state index is 12.3. The fraction of sp³-hybridized carbons (Fsp3) is 0.857. The van der Waals surface area contributed by atoms with Gasteiger partial charge in [0.2, 0.25) is 5.91 Å². The second-order valence-corrected chi connectivity index (χ2v) is 6.71. The molecule has 1 aliphatic heterocycles. The van der Waals surface area contributed by atoms with Crippen LogP contribution < -0.4 is 5.73 Å². The second-order valence-electron chi connectivity index (χ2n) is 5.36. The quantitative estimate of drug-likeness (QED) is 0.715. The Morgan fingerprint density at radius 2 is 2.10 bits per heavy atom. The van der Waals surface area contributed by atoms with Crippen molar-refractivity contribution in [3.05, 3.63) is 0 Å². The minimum atomic E-state index is -0.901. The number of aliphatic carboxylic acids is 1. The van der Waals surface area contributed by atoms with Gasteiger partial charge in [-0.05, 0) is 32.2 Å². The fourth-order valence-electron chi connectivity index (χ4n) is 2.74. The van der Waals surface area contributed by atoms with Gasteiger partial charge in [-0.3, -0.25) is 4.79 Å². The number of nitrogens with two attached hydrogens (primary N) is 1. The van der Waals surface area contributed by atoms with Crippen LogP contribution >= 0.6 is 11.8 Å². The van der Waals surface area contributed by atoms with E-state index in [1.54, 1.807) is 4.90 Å². The molecule has 1 amide bonds. The molecule has 0 aliphatic carbocycles. The Labute approximate surface area is 125 Å². The van der Waals surface area contributed by atoms with Gasteiger partial charge in [0.1, 0.15) is 6.04 Å². The topological polar surface area (TPSA) is 83.6 Å². The summed E-state index contributed by atoms with van der Waals surface area (Å²) in [5, 5.41) is 9.13. The van der Waals surface area contributed by atoms with E-state index in [1.165, 1.54) is 11.8 Å². The Balaban J connectivity index is 2.53. The maximum atomic E-state index is 12.3.